The molecule has 0 bridgehead atoms. The van der Waals surface area contributed by atoms with Crippen LogP contribution in [0.4, 0.5) is 5.69 Å². The highest BCUT2D eigenvalue weighted by Gasteiger charge is 2.12. The second-order valence-corrected chi connectivity index (χ2v) is 3.97. The van der Waals surface area contributed by atoms with E-state index in [-0.39, 0.29) is 0 Å². The molecule has 20 heavy (non-hydrogen) atoms. The lowest BCUT2D eigenvalue weighted by Gasteiger charge is -2.14. The van der Waals surface area contributed by atoms with Gasteiger partial charge < -0.3 is 9.47 Å². The molecule has 3 nitrogen and oxygen atoms in total. The molecule has 0 atom stereocenters. The van der Waals surface area contributed by atoms with E-state index in [1.54, 1.807) is 20.4 Å². The van der Waals surface area contributed by atoms with Crippen molar-refractivity contribution in [3.05, 3.63) is 24.3 Å². The lowest BCUT2D eigenvalue weighted by molar-refractivity contribution is 0.355. The van der Waals surface area contributed by atoms with E-state index in [4.69, 9.17) is 9.47 Å². The number of benzene rings is 1. The van der Waals surface area contributed by atoms with E-state index in [2.05, 4.69) is 18.5 Å². The first-order valence-electron chi connectivity index (χ1n) is 7.10. The number of hydrogen-bond donors (Lipinski definition) is 0. The monoisotopic (exact) mass is 277 g/mol. The van der Waals surface area contributed by atoms with Crippen LogP contribution in [0.2, 0.25) is 0 Å². The summed E-state index contributed by atoms with van der Waals surface area (Å²) in [5.74, 6) is 1.39. The summed E-state index contributed by atoms with van der Waals surface area (Å²) in [4.78, 5) is 4.37. The first-order chi connectivity index (χ1) is 9.67. The van der Waals surface area contributed by atoms with Crippen LogP contribution in [0.25, 0.3) is 5.57 Å². The fourth-order valence-corrected chi connectivity index (χ4v) is 1.83. The summed E-state index contributed by atoms with van der Waals surface area (Å²) in [5.41, 5.74) is 2.96. The minimum absolute atomic E-state index is 0.686. The number of nitrogens with zero attached hydrogens (tertiary/aromatic N) is 1. The zero-order valence-electron chi connectivity index (χ0n) is 13.6. The molecule has 0 heterocycles. The molecule has 0 amide bonds. The Bertz CT molecular complexity index is 451. The standard InChI is InChI=1S/C15H21NO2.C2H6/c1-6-8-11(3)12-9-14(17-4)15(18-5)10-13(12)16-7-2;1-2/h7,9-10H,3,6,8H2,1-2,4-5H3;1-2H3. The second kappa shape index (κ2) is 10.1. The van der Waals surface area contributed by atoms with Crippen molar-refractivity contribution >= 4 is 17.5 Å². The smallest absolute Gasteiger partial charge is 0.162 e. The lowest BCUT2D eigenvalue weighted by Crippen LogP contribution is -1.93. The van der Waals surface area contributed by atoms with Gasteiger partial charge in [0.05, 0.1) is 19.9 Å². The van der Waals surface area contributed by atoms with Gasteiger partial charge in [-0.3, -0.25) is 4.99 Å². The van der Waals surface area contributed by atoms with E-state index >= 15 is 0 Å². The van der Waals surface area contributed by atoms with Crippen LogP contribution in [0, 0.1) is 0 Å². The molecule has 0 aromatic heterocycles. The molecule has 3 heteroatoms. The van der Waals surface area contributed by atoms with Crippen LogP contribution in [0.1, 0.15) is 46.1 Å². The molecule has 0 saturated heterocycles. The lowest BCUT2D eigenvalue weighted by atomic mass is 10.0. The van der Waals surface area contributed by atoms with Crippen molar-refractivity contribution in [2.45, 2.75) is 40.5 Å². The summed E-state index contributed by atoms with van der Waals surface area (Å²) >= 11 is 0. The summed E-state index contributed by atoms with van der Waals surface area (Å²) < 4.78 is 10.6. The van der Waals surface area contributed by atoms with Gasteiger partial charge in [0.25, 0.3) is 0 Å². The van der Waals surface area contributed by atoms with Crippen molar-refractivity contribution in [2.75, 3.05) is 14.2 Å². The molecule has 112 valence electrons. The zero-order valence-corrected chi connectivity index (χ0v) is 13.6. The molecule has 1 aromatic carbocycles. The number of aliphatic imine (C=N–C) groups is 1. The molecule has 0 N–H and O–H groups in total. The van der Waals surface area contributed by atoms with Crippen LogP contribution < -0.4 is 9.47 Å². The number of rotatable bonds is 6. The minimum Gasteiger partial charge on any atom is -0.493 e. The van der Waals surface area contributed by atoms with Gasteiger partial charge >= 0.3 is 0 Å². The van der Waals surface area contributed by atoms with Gasteiger partial charge in [-0.25, -0.2) is 0 Å². The van der Waals surface area contributed by atoms with Crippen LogP contribution in [-0.2, 0) is 0 Å². The van der Waals surface area contributed by atoms with E-state index in [1.807, 2.05) is 32.9 Å². The van der Waals surface area contributed by atoms with Crippen LogP contribution in [-0.4, -0.2) is 20.4 Å². The van der Waals surface area contributed by atoms with E-state index in [9.17, 15) is 0 Å². The Morgan fingerprint density at radius 2 is 1.75 bits per heavy atom. The summed E-state index contributed by atoms with van der Waals surface area (Å²) in [6.45, 7) is 12.1. The summed E-state index contributed by atoms with van der Waals surface area (Å²) in [5, 5.41) is 0. The Hall–Kier alpha value is -1.77. The Balaban J connectivity index is 0.00000172. The fraction of sp³-hybridized carbons (Fsp3) is 0.471. The first kappa shape index (κ1) is 18.2. The third kappa shape index (κ3) is 4.72. The first-order valence-corrected chi connectivity index (χ1v) is 7.10. The highest BCUT2D eigenvalue weighted by Crippen LogP contribution is 2.38. The third-order valence-electron chi connectivity index (χ3n) is 2.70. The molecule has 0 fully saturated rings. The number of ether oxygens (including phenoxy) is 2. The number of allylic oxidation sites excluding steroid dienone is 1. The maximum Gasteiger partial charge on any atom is 0.162 e. The van der Waals surface area contributed by atoms with E-state index in [1.165, 1.54) is 0 Å². The maximum absolute atomic E-state index is 5.32. The van der Waals surface area contributed by atoms with Crippen LogP contribution in [0.15, 0.2) is 23.7 Å². The predicted octanol–water partition coefficient (Wildman–Crippen LogP) is 5.27. The molecular formula is C17H27NO2. The average molecular weight is 277 g/mol. The summed E-state index contributed by atoms with van der Waals surface area (Å²) in [6, 6.07) is 3.83. The van der Waals surface area contributed by atoms with E-state index in [0.29, 0.717) is 11.5 Å². The molecular weight excluding hydrogens is 250 g/mol. The normalized spacial score (nSPS) is 9.90. The third-order valence-corrected chi connectivity index (χ3v) is 2.70. The predicted molar refractivity (Wildman–Crippen MR) is 88.7 cm³/mol. The summed E-state index contributed by atoms with van der Waals surface area (Å²) in [7, 11) is 3.25. The maximum atomic E-state index is 5.32. The zero-order chi connectivity index (χ0) is 15.5. The molecule has 0 aliphatic heterocycles. The van der Waals surface area contributed by atoms with E-state index in [0.717, 1.165) is 29.7 Å². The van der Waals surface area contributed by atoms with E-state index < -0.39 is 0 Å². The van der Waals surface area contributed by atoms with Crippen molar-refractivity contribution in [1.29, 1.82) is 0 Å². The Morgan fingerprint density at radius 3 is 2.20 bits per heavy atom. The molecule has 0 aliphatic rings. The number of hydrogen-bond acceptors (Lipinski definition) is 3. The Labute approximate surface area is 123 Å². The second-order valence-electron chi connectivity index (χ2n) is 3.97. The quantitative estimate of drug-likeness (QED) is 0.663. The van der Waals surface area contributed by atoms with Gasteiger partial charge in [-0.05, 0) is 25.0 Å². The Morgan fingerprint density at radius 1 is 1.20 bits per heavy atom. The van der Waals surface area contributed by atoms with Crippen molar-refractivity contribution in [3.63, 3.8) is 0 Å². The molecule has 0 spiro atoms. The minimum atomic E-state index is 0.686. The van der Waals surface area contributed by atoms with Gasteiger partial charge in [0, 0.05) is 17.8 Å². The van der Waals surface area contributed by atoms with Gasteiger partial charge in [-0.1, -0.05) is 33.8 Å². The Kier molecular flexibility index (Phi) is 9.18. The van der Waals surface area contributed by atoms with Crippen molar-refractivity contribution in [2.24, 2.45) is 4.99 Å². The molecule has 0 unspecified atom stereocenters. The van der Waals surface area contributed by atoms with Crippen molar-refractivity contribution in [3.8, 4) is 11.5 Å². The highest BCUT2D eigenvalue weighted by molar-refractivity contribution is 5.78. The van der Waals surface area contributed by atoms with Crippen LogP contribution >= 0.6 is 0 Å². The SMILES string of the molecule is C=C(CCC)c1cc(OC)c(OC)cc1N=CC.CC. The van der Waals surface area contributed by atoms with Gasteiger partial charge in [0.2, 0.25) is 0 Å². The topological polar surface area (TPSA) is 30.8 Å². The molecule has 0 radical (unpaired) electrons. The number of methoxy groups -OCH3 is 2. The molecule has 1 aromatic rings. The van der Waals surface area contributed by atoms with Gasteiger partial charge in [-0.2, -0.15) is 0 Å². The van der Waals surface area contributed by atoms with Gasteiger partial charge in [0.15, 0.2) is 11.5 Å². The average Bonchev–Trinajstić information content (AvgIpc) is 2.49. The van der Waals surface area contributed by atoms with Crippen LogP contribution in [0.3, 0.4) is 0 Å². The highest BCUT2D eigenvalue weighted by atomic mass is 16.5. The van der Waals surface area contributed by atoms with Crippen molar-refractivity contribution in [1.82, 2.24) is 0 Å². The molecule has 0 saturated carbocycles. The largest absolute Gasteiger partial charge is 0.493 e. The van der Waals surface area contributed by atoms with Gasteiger partial charge in [-0.15, -0.1) is 0 Å². The van der Waals surface area contributed by atoms with Crippen LogP contribution in [0.5, 0.6) is 11.5 Å². The summed E-state index contributed by atoms with van der Waals surface area (Å²) in [6.07, 6.45) is 3.77. The fourth-order valence-electron chi connectivity index (χ4n) is 1.83. The molecule has 1 rings (SSSR count). The van der Waals surface area contributed by atoms with Crippen molar-refractivity contribution < 1.29 is 9.47 Å². The molecule has 0 aliphatic carbocycles. The van der Waals surface area contributed by atoms with Gasteiger partial charge in [0.1, 0.15) is 0 Å².